The maximum Gasteiger partial charge on any atom is 0.269 e. The number of carbonyl (C=O) groups excluding carboxylic acids is 1. The van der Waals surface area contributed by atoms with E-state index in [0.29, 0.717) is 24.6 Å². The van der Waals surface area contributed by atoms with E-state index < -0.39 is 12.1 Å². The third-order valence-corrected chi connectivity index (χ3v) is 4.11. The van der Waals surface area contributed by atoms with Gasteiger partial charge in [-0.1, -0.05) is 36.4 Å². The first-order valence-electron chi connectivity index (χ1n) is 8.76. The molecule has 7 heteroatoms. The molecule has 0 aliphatic heterocycles. The minimum atomic E-state index is -0.718. The summed E-state index contributed by atoms with van der Waals surface area (Å²) in [6, 6.07) is 15.0. The Morgan fingerprint density at radius 3 is 2.74 bits per heavy atom. The first kappa shape index (κ1) is 18.6. The number of aliphatic hydroxyl groups is 1. The molecular formula is C20H22N4O3. The summed E-state index contributed by atoms with van der Waals surface area (Å²) >= 11 is 0. The number of nitrogens with one attached hydrogen (secondary N) is 2. The number of H-pyrrole nitrogens is 1. The maximum atomic E-state index is 12.1. The first-order chi connectivity index (χ1) is 13.1. The van der Waals surface area contributed by atoms with Gasteiger partial charge in [-0.25, -0.2) is 9.97 Å². The molecule has 1 amide bonds. The number of amides is 1. The second kappa shape index (κ2) is 8.95. The molecule has 2 heterocycles. The zero-order valence-corrected chi connectivity index (χ0v) is 15.0. The van der Waals surface area contributed by atoms with Gasteiger partial charge in [0.15, 0.2) is 0 Å². The lowest BCUT2D eigenvalue weighted by atomic mass is 10.1. The number of benzene rings is 1. The summed E-state index contributed by atoms with van der Waals surface area (Å²) in [6.07, 6.45) is 2.59. The van der Waals surface area contributed by atoms with Gasteiger partial charge in [0.1, 0.15) is 5.69 Å². The number of aliphatic hydroxyl groups excluding tert-OH is 1. The van der Waals surface area contributed by atoms with Crippen LogP contribution in [0.25, 0.3) is 11.3 Å². The number of nitrogens with zero attached hydrogens (tertiary/aromatic N) is 2. The van der Waals surface area contributed by atoms with Crippen molar-refractivity contribution in [3.63, 3.8) is 0 Å². The van der Waals surface area contributed by atoms with Gasteiger partial charge in [0.25, 0.3) is 5.91 Å². The molecule has 27 heavy (non-hydrogen) atoms. The van der Waals surface area contributed by atoms with Gasteiger partial charge in [-0.2, -0.15) is 0 Å². The summed E-state index contributed by atoms with van der Waals surface area (Å²) in [5.41, 5.74) is 2.18. The molecule has 7 nitrogen and oxygen atoms in total. The summed E-state index contributed by atoms with van der Waals surface area (Å²) in [7, 11) is 0. The topological polar surface area (TPSA) is 100 Å². The van der Waals surface area contributed by atoms with E-state index in [2.05, 4.69) is 20.3 Å². The number of rotatable bonds is 8. The SMILES string of the molecule is C[C@H](O)[C@@H](CCOc1cccc(-c2ccccc2)n1)NC(=O)c1cnc[nH]1. The van der Waals surface area contributed by atoms with Crippen LogP contribution >= 0.6 is 0 Å². The van der Waals surface area contributed by atoms with Gasteiger partial charge in [0.2, 0.25) is 5.88 Å². The molecule has 3 rings (SSSR count). The Balaban J connectivity index is 1.56. The molecule has 2 atom stereocenters. The second-order valence-corrected chi connectivity index (χ2v) is 6.15. The van der Waals surface area contributed by atoms with Crippen molar-refractivity contribution in [3.05, 3.63) is 66.7 Å². The van der Waals surface area contributed by atoms with Crippen LogP contribution in [0.3, 0.4) is 0 Å². The number of hydrogen-bond acceptors (Lipinski definition) is 5. The zero-order chi connectivity index (χ0) is 19.1. The van der Waals surface area contributed by atoms with E-state index in [4.69, 9.17) is 4.74 Å². The van der Waals surface area contributed by atoms with Crippen LogP contribution in [0.2, 0.25) is 0 Å². The van der Waals surface area contributed by atoms with Crippen molar-refractivity contribution in [2.45, 2.75) is 25.5 Å². The fraction of sp³-hybridized carbons (Fsp3) is 0.250. The Hall–Kier alpha value is -3.19. The van der Waals surface area contributed by atoms with Crippen molar-refractivity contribution in [2.75, 3.05) is 6.61 Å². The van der Waals surface area contributed by atoms with Crippen molar-refractivity contribution in [1.82, 2.24) is 20.3 Å². The van der Waals surface area contributed by atoms with Gasteiger partial charge in [-0.3, -0.25) is 4.79 Å². The summed E-state index contributed by atoms with van der Waals surface area (Å²) in [6.45, 7) is 1.94. The van der Waals surface area contributed by atoms with Crippen molar-refractivity contribution in [1.29, 1.82) is 0 Å². The summed E-state index contributed by atoms with van der Waals surface area (Å²) in [5.74, 6) is 0.184. The third-order valence-electron chi connectivity index (χ3n) is 4.11. The molecule has 0 fully saturated rings. The van der Waals surface area contributed by atoms with E-state index in [1.54, 1.807) is 13.0 Å². The Labute approximate surface area is 157 Å². The Kier molecular flexibility index (Phi) is 6.17. The highest BCUT2D eigenvalue weighted by molar-refractivity contribution is 5.92. The fourth-order valence-electron chi connectivity index (χ4n) is 2.62. The predicted molar refractivity (Wildman–Crippen MR) is 101 cm³/mol. The van der Waals surface area contributed by atoms with Crippen molar-refractivity contribution < 1.29 is 14.6 Å². The smallest absolute Gasteiger partial charge is 0.269 e. The van der Waals surface area contributed by atoms with Crippen LogP contribution in [0.1, 0.15) is 23.8 Å². The molecule has 0 radical (unpaired) electrons. The lowest BCUT2D eigenvalue weighted by molar-refractivity contribution is 0.0826. The van der Waals surface area contributed by atoms with Crippen LogP contribution in [0.4, 0.5) is 0 Å². The number of pyridine rings is 1. The number of carbonyl (C=O) groups is 1. The molecule has 0 spiro atoms. The van der Waals surface area contributed by atoms with Gasteiger partial charge in [0.05, 0.1) is 37.0 Å². The lowest BCUT2D eigenvalue weighted by Crippen LogP contribution is -2.43. The number of ether oxygens (including phenoxy) is 1. The number of imidazole rings is 1. The van der Waals surface area contributed by atoms with Crippen molar-refractivity contribution in [2.24, 2.45) is 0 Å². The Morgan fingerprint density at radius 2 is 2.04 bits per heavy atom. The van der Waals surface area contributed by atoms with Crippen molar-refractivity contribution >= 4 is 5.91 Å². The Bertz CT molecular complexity index is 851. The van der Waals surface area contributed by atoms with Gasteiger partial charge in [-0.05, 0) is 13.0 Å². The van der Waals surface area contributed by atoms with Gasteiger partial charge >= 0.3 is 0 Å². The van der Waals surface area contributed by atoms with Gasteiger partial charge in [0, 0.05) is 18.1 Å². The second-order valence-electron chi connectivity index (χ2n) is 6.15. The van der Waals surface area contributed by atoms with E-state index >= 15 is 0 Å². The quantitative estimate of drug-likeness (QED) is 0.568. The highest BCUT2D eigenvalue weighted by atomic mass is 16.5. The fourth-order valence-corrected chi connectivity index (χ4v) is 2.62. The van der Waals surface area contributed by atoms with Crippen LogP contribution < -0.4 is 10.1 Å². The number of aromatic nitrogens is 3. The molecule has 3 N–H and O–H groups in total. The predicted octanol–water partition coefficient (Wildman–Crippen LogP) is 2.42. The van der Waals surface area contributed by atoms with Gasteiger partial charge < -0.3 is 20.1 Å². The van der Waals surface area contributed by atoms with Crippen LogP contribution in [0.5, 0.6) is 5.88 Å². The normalized spacial score (nSPS) is 13.0. The van der Waals surface area contributed by atoms with Crippen LogP contribution in [-0.2, 0) is 0 Å². The van der Waals surface area contributed by atoms with Crippen LogP contribution in [-0.4, -0.2) is 44.7 Å². The average molecular weight is 366 g/mol. The van der Waals surface area contributed by atoms with E-state index in [0.717, 1.165) is 11.3 Å². The van der Waals surface area contributed by atoms with Crippen molar-refractivity contribution in [3.8, 4) is 17.1 Å². The third kappa shape index (κ3) is 5.15. The summed E-state index contributed by atoms with van der Waals surface area (Å²) in [4.78, 5) is 23.2. The van der Waals surface area contributed by atoms with E-state index in [-0.39, 0.29) is 5.91 Å². The minimum absolute atomic E-state index is 0.310. The summed E-state index contributed by atoms with van der Waals surface area (Å²) in [5, 5.41) is 12.7. The molecule has 0 aliphatic rings. The van der Waals surface area contributed by atoms with Crippen LogP contribution in [0, 0.1) is 0 Å². The molecule has 0 unspecified atom stereocenters. The molecular weight excluding hydrogens is 344 g/mol. The molecule has 1 aromatic carbocycles. The largest absolute Gasteiger partial charge is 0.478 e. The van der Waals surface area contributed by atoms with Crippen LogP contribution in [0.15, 0.2) is 61.1 Å². The monoisotopic (exact) mass is 366 g/mol. The van der Waals surface area contributed by atoms with E-state index in [1.165, 1.54) is 12.5 Å². The number of hydrogen-bond donors (Lipinski definition) is 3. The first-order valence-corrected chi connectivity index (χ1v) is 8.76. The zero-order valence-electron chi connectivity index (χ0n) is 15.0. The van der Waals surface area contributed by atoms with Gasteiger partial charge in [-0.15, -0.1) is 0 Å². The average Bonchev–Trinajstić information content (AvgIpc) is 3.23. The minimum Gasteiger partial charge on any atom is -0.478 e. The molecule has 0 saturated heterocycles. The molecule has 2 aromatic heterocycles. The highest BCUT2D eigenvalue weighted by Gasteiger charge is 2.19. The van der Waals surface area contributed by atoms with E-state index in [9.17, 15) is 9.90 Å². The molecule has 0 aliphatic carbocycles. The molecule has 0 saturated carbocycles. The molecule has 0 bridgehead atoms. The van der Waals surface area contributed by atoms with E-state index in [1.807, 2.05) is 42.5 Å². The standard InChI is InChI=1S/C20H22N4O3/c1-14(25)16(24-20(26)18-12-21-13-22-18)10-11-27-19-9-5-8-17(23-19)15-6-3-2-4-7-15/h2-9,12-14,16,25H,10-11H2,1H3,(H,21,22)(H,24,26)/t14-,16+/m0/s1. The highest BCUT2D eigenvalue weighted by Crippen LogP contribution is 2.19. The lowest BCUT2D eigenvalue weighted by Gasteiger charge is -2.21. The molecule has 140 valence electrons. The maximum absolute atomic E-state index is 12.1. The Morgan fingerprint density at radius 1 is 1.22 bits per heavy atom. The molecule has 3 aromatic rings. The number of aromatic amines is 1. The summed E-state index contributed by atoms with van der Waals surface area (Å²) < 4.78 is 5.73.